The van der Waals surface area contributed by atoms with E-state index in [1.165, 1.54) is 18.3 Å². The zero-order valence-corrected chi connectivity index (χ0v) is 12.6. The van der Waals surface area contributed by atoms with E-state index in [4.69, 9.17) is 9.47 Å². The van der Waals surface area contributed by atoms with Crippen molar-refractivity contribution in [3.8, 4) is 11.5 Å². The molecule has 8 heteroatoms. The van der Waals surface area contributed by atoms with Crippen molar-refractivity contribution in [3.05, 3.63) is 40.3 Å². The van der Waals surface area contributed by atoms with Crippen LogP contribution in [0.3, 0.4) is 0 Å². The van der Waals surface area contributed by atoms with Crippen molar-refractivity contribution >= 4 is 5.82 Å². The summed E-state index contributed by atoms with van der Waals surface area (Å²) in [4.78, 5) is 13.8. The number of rotatable bonds is 6. The highest BCUT2D eigenvalue weighted by atomic mass is 16.6. The Balaban J connectivity index is 1.60. The minimum atomic E-state index is -0.541. The molecule has 3 rings (SSSR count). The van der Waals surface area contributed by atoms with Crippen molar-refractivity contribution < 1.29 is 14.4 Å². The van der Waals surface area contributed by atoms with Gasteiger partial charge in [-0.3, -0.25) is 5.10 Å². The summed E-state index contributed by atoms with van der Waals surface area (Å²) in [7, 11) is 0. The molecule has 2 aromatic heterocycles. The molecule has 23 heavy (non-hydrogen) atoms. The quantitative estimate of drug-likeness (QED) is 0.649. The van der Waals surface area contributed by atoms with Gasteiger partial charge in [-0.25, -0.2) is 0 Å². The van der Waals surface area contributed by atoms with E-state index in [1.807, 2.05) is 0 Å². The molecule has 0 spiro atoms. The lowest BCUT2D eigenvalue weighted by atomic mass is 9.94. The monoisotopic (exact) mass is 318 g/mol. The van der Waals surface area contributed by atoms with Gasteiger partial charge in [0.05, 0.1) is 11.9 Å². The fourth-order valence-corrected chi connectivity index (χ4v) is 2.62. The van der Waals surface area contributed by atoms with E-state index >= 15 is 0 Å². The minimum Gasteiger partial charge on any atom is -0.450 e. The number of aromatic nitrogens is 3. The van der Waals surface area contributed by atoms with Gasteiger partial charge in [-0.2, -0.15) is 5.10 Å². The van der Waals surface area contributed by atoms with Crippen LogP contribution in [0.4, 0.5) is 5.82 Å². The topological polar surface area (TPSA) is 103 Å². The number of nitrogens with zero attached hydrogens (tertiary/aromatic N) is 3. The number of hydrogen-bond donors (Lipinski definition) is 1. The van der Waals surface area contributed by atoms with Crippen LogP contribution in [0.25, 0.3) is 0 Å². The Labute approximate surface area is 133 Å². The first-order valence-corrected chi connectivity index (χ1v) is 7.60. The molecule has 0 amide bonds. The number of hydrogen-bond acceptors (Lipinski definition) is 6. The van der Waals surface area contributed by atoms with Crippen LogP contribution in [-0.4, -0.2) is 33.3 Å². The summed E-state index contributed by atoms with van der Waals surface area (Å²) < 4.78 is 11.1. The van der Waals surface area contributed by atoms with E-state index in [2.05, 4.69) is 15.2 Å². The molecule has 1 N–H and O–H groups in total. The number of pyridine rings is 1. The maximum Gasteiger partial charge on any atom is 0.363 e. The van der Waals surface area contributed by atoms with Crippen LogP contribution in [-0.2, 0) is 11.2 Å². The Morgan fingerprint density at radius 1 is 1.35 bits per heavy atom. The summed E-state index contributed by atoms with van der Waals surface area (Å²) in [5, 5.41) is 17.6. The van der Waals surface area contributed by atoms with Crippen LogP contribution >= 0.6 is 0 Å². The van der Waals surface area contributed by atoms with Gasteiger partial charge in [0.15, 0.2) is 17.7 Å². The highest BCUT2D eigenvalue weighted by molar-refractivity contribution is 5.33. The number of nitrogens with one attached hydrogen (secondary N) is 1. The van der Waals surface area contributed by atoms with Gasteiger partial charge >= 0.3 is 5.82 Å². The Morgan fingerprint density at radius 2 is 2.17 bits per heavy atom. The summed E-state index contributed by atoms with van der Waals surface area (Å²) in [5.74, 6) is 1.54. The van der Waals surface area contributed by atoms with Crippen molar-refractivity contribution in [2.75, 3.05) is 13.2 Å². The van der Waals surface area contributed by atoms with Crippen LogP contribution in [0.15, 0.2) is 24.5 Å². The molecule has 0 atom stereocenters. The highest BCUT2D eigenvalue weighted by Gasteiger charge is 2.16. The zero-order valence-electron chi connectivity index (χ0n) is 12.6. The van der Waals surface area contributed by atoms with Gasteiger partial charge < -0.3 is 19.6 Å². The fourth-order valence-electron chi connectivity index (χ4n) is 2.62. The fraction of sp³-hybridized carbons (Fsp3) is 0.467. The van der Waals surface area contributed by atoms with E-state index in [0.717, 1.165) is 44.6 Å². The average Bonchev–Trinajstić information content (AvgIpc) is 3.01. The molecule has 8 nitrogen and oxygen atoms in total. The van der Waals surface area contributed by atoms with Gasteiger partial charge in [-0.1, -0.05) is 0 Å². The second kappa shape index (κ2) is 7.19. The standard InChI is InChI=1S/C15H18N4O4/c20-19(21)15-4-2-12(9-16-15)23-14-10-17-18-13(14)3-1-11-5-7-22-8-6-11/h2,4,9-11H,1,3,5-8H2,(H,17,18). The Hall–Kier alpha value is -2.48. The average molecular weight is 318 g/mol. The molecule has 1 fully saturated rings. The lowest BCUT2D eigenvalue weighted by Gasteiger charge is -2.21. The molecule has 0 radical (unpaired) electrons. The van der Waals surface area contributed by atoms with Gasteiger partial charge in [0.25, 0.3) is 0 Å². The molecule has 0 aromatic carbocycles. The largest absolute Gasteiger partial charge is 0.450 e. The van der Waals surface area contributed by atoms with Crippen LogP contribution in [0.1, 0.15) is 25.0 Å². The molecule has 2 aromatic rings. The summed E-state index contributed by atoms with van der Waals surface area (Å²) in [5.41, 5.74) is 0.926. The highest BCUT2D eigenvalue weighted by Crippen LogP contribution is 2.27. The molecular weight excluding hydrogens is 300 g/mol. The predicted molar refractivity (Wildman–Crippen MR) is 81.4 cm³/mol. The van der Waals surface area contributed by atoms with Crippen molar-refractivity contribution in [1.82, 2.24) is 15.2 Å². The number of ether oxygens (including phenoxy) is 2. The normalized spacial score (nSPS) is 15.5. The number of H-pyrrole nitrogens is 1. The van der Waals surface area contributed by atoms with Crippen molar-refractivity contribution in [2.45, 2.75) is 25.7 Å². The van der Waals surface area contributed by atoms with Gasteiger partial charge in [0.1, 0.15) is 0 Å². The molecule has 0 bridgehead atoms. The first kappa shape index (κ1) is 15.4. The molecule has 1 aliphatic heterocycles. The zero-order chi connectivity index (χ0) is 16.1. The third kappa shape index (κ3) is 4.04. The molecule has 0 aliphatic carbocycles. The van der Waals surface area contributed by atoms with Crippen molar-refractivity contribution in [2.24, 2.45) is 5.92 Å². The van der Waals surface area contributed by atoms with E-state index in [-0.39, 0.29) is 5.82 Å². The molecule has 122 valence electrons. The van der Waals surface area contributed by atoms with E-state index < -0.39 is 4.92 Å². The Bertz CT molecular complexity index is 650. The number of nitro groups is 1. The number of aromatic amines is 1. The molecule has 3 heterocycles. The molecule has 1 saturated heterocycles. The van der Waals surface area contributed by atoms with Crippen LogP contribution in [0, 0.1) is 16.0 Å². The van der Waals surface area contributed by atoms with Gasteiger partial charge in [0, 0.05) is 19.3 Å². The smallest absolute Gasteiger partial charge is 0.363 e. The second-order valence-electron chi connectivity index (χ2n) is 5.52. The summed E-state index contributed by atoms with van der Waals surface area (Å²) in [6.45, 7) is 1.68. The first-order chi connectivity index (χ1) is 11.2. The lowest BCUT2D eigenvalue weighted by Crippen LogP contribution is -2.16. The SMILES string of the molecule is O=[N+]([O-])c1ccc(Oc2cn[nH]c2CCC2CCOCC2)cn1. The molecule has 1 aliphatic rings. The van der Waals surface area contributed by atoms with E-state index in [1.54, 1.807) is 6.20 Å². The first-order valence-electron chi connectivity index (χ1n) is 7.60. The Morgan fingerprint density at radius 3 is 2.87 bits per heavy atom. The second-order valence-corrected chi connectivity index (χ2v) is 5.52. The van der Waals surface area contributed by atoms with Crippen molar-refractivity contribution in [3.63, 3.8) is 0 Å². The van der Waals surface area contributed by atoms with Gasteiger partial charge in [-0.15, -0.1) is 0 Å². The lowest BCUT2D eigenvalue weighted by molar-refractivity contribution is -0.389. The van der Waals surface area contributed by atoms with Crippen LogP contribution < -0.4 is 4.74 Å². The van der Waals surface area contributed by atoms with Crippen molar-refractivity contribution in [1.29, 1.82) is 0 Å². The summed E-state index contributed by atoms with van der Waals surface area (Å²) in [6.07, 6.45) is 7.04. The maximum atomic E-state index is 10.6. The summed E-state index contributed by atoms with van der Waals surface area (Å²) >= 11 is 0. The molecule has 0 saturated carbocycles. The van der Waals surface area contributed by atoms with E-state index in [0.29, 0.717) is 17.4 Å². The summed E-state index contributed by atoms with van der Waals surface area (Å²) in [6, 6.07) is 2.84. The molecule has 0 unspecified atom stereocenters. The Kier molecular flexibility index (Phi) is 4.82. The van der Waals surface area contributed by atoms with Gasteiger partial charge in [-0.05, 0) is 47.6 Å². The van der Waals surface area contributed by atoms with Crippen LogP contribution in [0.2, 0.25) is 0 Å². The third-order valence-electron chi connectivity index (χ3n) is 3.96. The third-order valence-corrected chi connectivity index (χ3v) is 3.96. The minimum absolute atomic E-state index is 0.204. The van der Waals surface area contributed by atoms with Gasteiger partial charge in [0.2, 0.25) is 0 Å². The predicted octanol–water partition coefficient (Wildman–Crippen LogP) is 2.86. The van der Waals surface area contributed by atoms with Crippen LogP contribution in [0.5, 0.6) is 11.5 Å². The molecular formula is C15H18N4O4. The maximum absolute atomic E-state index is 10.6. The van der Waals surface area contributed by atoms with E-state index in [9.17, 15) is 10.1 Å². The number of aryl methyl sites for hydroxylation is 1.